The Labute approximate surface area is 189 Å². The summed E-state index contributed by atoms with van der Waals surface area (Å²) in [5.41, 5.74) is 0.730. The third kappa shape index (κ3) is 5.99. The van der Waals surface area contributed by atoms with Crippen LogP contribution in [0.25, 0.3) is 0 Å². The van der Waals surface area contributed by atoms with Crippen molar-refractivity contribution in [2.75, 3.05) is 26.7 Å². The number of piperidine rings is 1. The number of ether oxygens (including phenoxy) is 1. The van der Waals surface area contributed by atoms with Crippen LogP contribution in [-0.2, 0) is 14.8 Å². The smallest absolute Gasteiger partial charge is 0.240 e. The Bertz CT molecular complexity index is 1000. The van der Waals surface area contributed by atoms with E-state index in [1.165, 1.54) is 19.2 Å². The number of amides is 1. The van der Waals surface area contributed by atoms with Crippen LogP contribution in [0.4, 0.5) is 0 Å². The fraction of sp³-hybridized carbons (Fsp3) is 0.435. The number of likely N-dealkylation sites (tertiary alicyclic amines) is 1. The number of sulfonamides is 1. The number of methoxy groups -OCH3 is 1. The Morgan fingerprint density at radius 2 is 1.90 bits per heavy atom. The van der Waals surface area contributed by atoms with E-state index in [1.54, 1.807) is 18.2 Å². The summed E-state index contributed by atoms with van der Waals surface area (Å²) in [5, 5.41) is 0.516. The molecule has 2 aromatic rings. The van der Waals surface area contributed by atoms with E-state index in [4.69, 9.17) is 16.3 Å². The summed E-state index contributed by atoms with van der Waals surface area (Å²) in [6.07, 6.45) is 2.27. The highest BCUT2D eigenvalue weighted by atomic mass is 35.5. The third-order valence-corrected chi connectivity index (χ3v) is 7.55. The first-order valence-electron chi connectivity index (χ1n) is 10.5. The van der Waals surface area contributed by atoms with Gasteiger partial charge in [-0.3, -0.25) is 4.79 Å². The highest BCUT2D eigenvalue weighted by Gasteiger charge is 2.30. The lowest BCUT2D eigenvalue weighted by atomic mass is 9.92. The fourth-order valence-corrected chi connectivity index (χ4v) is 5.16. The van der Waals surface area contributed by atoms with Crippen LogP contribution in [0.2, 0.25) is 5.02 Å². The molecule has 1 amide bonds. The lowest BCUT2D eigenvalue weighted by Crippen LogP contribution is -2.41. The molecule has 0 aromatic heterocycles. The molecule has 0 saturated carbocycles. The molecule has 0 radical (unpaired) electrons. The minimum atomic E-state index is -3.73. The van der Waals surface area contributed by atoms with Crippen LogP contribution in [0.3, 0.4) is 0 Å². The van der Waals surface area contributed by atoms with Crippen molar-refractivity contribution < 1.29 is 17.9 Å². The monoisotopic (exact) mass is 464 g/mol. The Kier molecular flexibility index (Phi) is 7.97. The number of carbonyl (C=O) groups excluding carboxylic acids is 1. The van der Waals surface area contributed by atoms with Crippen molar-refractivity contribution in [1.82, 2.24) is 9.62 Å². The predicted molar refractivity (Wildman–Crippen MR) is 122 cm³/mol. The largest absolute Gasteiger partial charge is 0.497 e. The molecule has 1 unspecified atom stereocenters. The van der Waals surface area contributed by atoms with Gasteiger partial charge in [0.05, 0.1) is 17.9 Å². The first kappa shape index (κ1) is 23.6. The standard InChI is InChI=1S/C23H29ClN2O4S/c1-17-11-14-26(15-12-17)23(27)21(20-8-3-4-9-22(20)24)10-13-25-31(28,29)19-7-5-6-18(16-19)30-2/h3-9,16-17,21,25H,10-15H2,1-2H3. The first-order valence-corrected chi connectivity index (χ1v) is 12.3. The molecule has 2 aromatic carbocycles. The predicted octanol–water partition coefficient (Wildman–Crippen LogP) is 4.06. The van der Waals surface area contributed by atoms with Crippen molar-refractivity contribution in [1.29, 1.82) is 0 Å². The molecule has 1 aliphatic heterocycles. The van der Waals surface area contributed by atoms with Gasteiger partial charge in [-0.1, -0.05) is 42.8 Å². The number of nitrogens with one attached hydrogen (secondary N) is 1. The van der Waals surface area contributed by atoms with Gasteiger partial charge in [0.25, 0.3) is 0 Å². The van der Waals surface area contributed by atoms with E-state index in [9.17, 15) is 13.2 Å². The number of rotatable bonds is 8. The van der Waals surface area contributed by atoms with Crippen LogP contribution in [0.5, 0.6) is 5.75 Å². The molecule has 1 fully saturated rings. The molecule has 1 saturated heterocycles. The van der Waals surface area contributed by atoms with Crippen molar-refractivity contribution in [2.45, 2.75) is 37.0 Å². The second kappa shape index (κ2) is 10.5. The van der Waals surface area contributed by atoms with Crippen molar-refractivity contribution in [2.24, 2.45) is 5.92 Å². The van der Waals surface area contributed by atoms with Gasteiger partial charge in [-0.15, -0.1) is 0 Å². The van der Waals surface area contributed by atoms with E-state index in [1.807, 2.05) is 23.1 Å². The normalized spacial score (nSPS) is 16.2. The fourth-order valence-electron chi connectivity index (χ4n) is 3.81. The zero-order valence-corrected chi connectivity index (χ0v) is 19.5. The number of carbonyl (C=O) groups is 1. The van der Waals surface area contributed by atoms with Crippen LogP contribution in [0, 0.1) is 5.92 Å². The number of hydrogen-bond acceptors (Lipinski definition) is 4. The molecule has 6 nitrogen and oxygen atoms in total. The number of halogens is 1. The zero-order chi connectivity index (χ0) is 22.4. The summed E-state index contributed by atoms with van der Waals surface area (Å²) in [7, 11) is -2.24. The van der Waals surface area contributed by atoms with Crippen molar-refractivity contribution in [3.63, 3.8) is 0 Å². The molecule has 1 heterocycles. The van der Waals surface area contributed by atoms with Crippen molar-refractivity contribution >= 4 is 27.5 Å². The highest BCUT2D eigenvalue weighted by molar-refractivity contribution is 7.89. The number of nitrogens with zero attached hydrogens (tertiary/aromatic N) is 1. The van der Waals surface area contributed by atoms with Gasteiger partial charge in [-0.25, -0.2) is 13.1 Å². The average molecular weight is 465 g/mol. The van der Waals surface area contributed by atoms with E-state index < -0.39 is 15.9 Å². The lowest BCUT2D eigenvalue weighted by molar-refractivity contribution is -0.134. The molecule has 168 valence electrons. The van der Waals surface area contributed by atoms with Crippen LogP contribution < -0.4 is 9.46 Å². The molecule has 31 heavy (non-hydrogen) atoms. The molecule has 8 heteroatoms. The van der Waals surface area contributed by atoms with Crippen LogP contribution in [-0.4, -0.2) is 46.0 Å². The minimum Gasteiger partial charge on any atom is -0.497 e. The maximum atomic E-state index is 13.3. The van der Waals surface area contributed by atoms with Gasteiger partial charge in [0.15, 0.2) is 0 Å². The summed E-state index contributed by atoms with van der Waals surface area (Å²) in [6, 6.07) is 13.6. The van der Waals surface area contributed by atoms with Gasteiger partial charge in [0.2, 0.25) is 15.9 Å². The average Bonchev–Trinajstić information content (AvgIpc) is 2.77. The van der Waals surface area contributed by atoms with Gasteiger partial charge in [-0.05, 0) is 48.9 Å². The quantitative estimate of drug-likeness (QED) is 0.639. The van der Waals surface area contributed by atoms with Crippen LogP contribution >= 0.6 is 11.6 Å². The van der Waals surface area contributed by atoms with E-state index in [2.05, 4.69) is 11.6 Å². The van der Waals surface area contributed by atoms with Gasteiger partial charge in [0.1, 0.15) is 5.75 Å². The molecule has 0 bridgehead atoms. The van der Waals surface area contributed by atoms with Gasteiger partial charge < -0.3 is 9.64 Å². The van der Waals surface area contributed by atoms with Crippen molar-refractivity contribution in [3.8, 4) is 5.75 Å². The van der Waals surface area contributed by atoms with E-state index in [0.717, 1.165) is 31.5 Å². The maximum absolute atomic E-state index is 13.3. The molecule has 0 spiro atoms. The molecular formula is C23H29ClN2O4S. The number of benzene rings is 2. The highest BCUT2D eigenvalue weighted by Crippen LogP contribution is 2.30. The molecule has 0 aliphatic carbocycles. The lowest BCUT2D eigenvalue weighted by Gasteiger charge is -2.33. The molecule has 1 aliphatic rings. The molecule has 1 N–H and O–H groups in total. The van der Waals surface area contributed by atoms with Gasteiger partial charge in [-0.2, -0.15) is 0 Å². The molecular weight excluding hydrogens is 436 g/mol. The zero-order valence-electron chi connectivity index (χ0n) is 17.9. The second-order valence-electron chi connectivity index (χ2n) is 7.95. The van der Waals surface area contributed by atoms with Gasteiger partial charge in [0, 0.05) is 30.7 Å². The first-order chi connectivity index (χ1) is 14.8. The summed E-state index contributed by atoms with van der Waals surface area (Å²) in [5.74, 6) is 0.569. The van der Waals surface area contributed by atoms with E-state index >= 15 is 0 Å². The third-order valence-electron chi connectivity index (χ3n) is 5.75. The Hall–Kier alpha value is -2.09. The van der Waals surface area contributed by atoms with Gasteiger partial charge >= 0.3 is 0 Å². The van der Waals surface area contributed by atoms with Crippen molar-refractivity contribution in [3.05, 3.63) is 59.1 Å². The van der Waals surface area contributed by atoms with Crippen LogP contribution in [0.15, 0.2) is 53.4 Å². The molecule has 1 atom stereocenters. The summed E-state index contributed by atoms with van der Waals surface area (Å²) < 4.78 is 33.1. The Morgan fingerprint density at radius 3 is 2.58 bits per heavy atom. The minimum absolute atomic E-state index is 0.000535. The maximum Gasteiger partial charge on any atom is 0.240 e. The van der Waals surface area contributed by atoms with E-state index in [-0.39, 0.29) is 17.3 Å². The Balaban J connectivity index is 1.74. The van der Waals surface area contributed by atoms with Crippen LogP contribution in [0.1, 0.15) is 37.7 Å². The molecule has 3 rings (SSSR count). The van der Waals surface area contributed by atoms with E-state index in [0.29, 0.717) is 23.1 Å². The topological polar surface area (TPSA) is 75.7 Å². The summed E-state index contributed by atoms with van der Waals surface area (Å²) >= 11 is 6.40. The summed E-state index contributed by atoms with van der Waals surface area (Å²) in [6.45, 7) is 3.75. The Morgan fingerprint density at radius 1 is 1.19 bits per heavy atom. The second-order valence-corrected chi connectivity index (χ2v) is 10.1. The SMILES string of the molecule is COc1cccc(S(=O)(=O)NCCC(C(=O)N2CCC(C)CC2)c2ccccc2Cl)c1. The summed E-state index contributed by atoms with van der Waals surface area (Å²) in [4.78, 5) is 15.3. The number of hydrogen-bond donors (Lipinski definition) is 1.